The van der Waals surface area contributed by atoms with E-state index in [9.17, 15) is 19.2 Å². The fourth-order valence-electron chi connectivity index (χ4n) is 6.65. The fraction of sp³-hybridized carbons (Fsp3) is 0.500. The van der Waals surface area contributed by atoms with E-state index in [2.05, 4.69) is 37.8 Å². The van der Waals surface area contributed by atoms with Crippen LogP contribution in [0.15, 0.2) is 73.4 Å². The van der Waals surface area contributed by atoms with E-state index in [0.29, 0.717) is 30.7 Å². The van der Waals surface area contributed by atoms with Crippen molar-refractivity contribution in [3.05, 3.63) is 84.8 Å². The molecule has 10 heteroatoms. The minimum Gasteiger partial charge on any atom is -0.352 e. The number of hydrogen-bond donors (Lipinski definition) is 4. The summed E-state index contributed by atoms with van der Waals surface area (Å²) in [4.78, 5) is 62.3. The Balaban J connectivity index is 1.39. The lowest BCUT2D eigenvalue weighted by molar-refractivity contribution is -0.132. The highest BCUT2D eigenvalue weighted by atomic mass is 16.2. The number of nitrogens with one attached hydrogen (secondary N) is 4. The van der Waals surface area contributed by atoms with Gasteiger partial charge in [0.2, 0.25) is 17.7 Å². The van der Waals surface area contributed by atoms with Crippen molar-refractivity contribution in [2.75, 3.05) is 0 Å². The van der Waals surface area contributed by atoms with Gasteiger partial charge in [0.25, 0.3) is 5.91 Å². The van der Waals surface area contributed by atoms with Gasteiger partial charge in [0.15, 0.2) is 0 Å². The van der Waals surface area contributed by atoms with Gasteiger partial charge in [-0.2, -0.15) is 0 Å². The first kappa shape index (κ1) is 38.2. The van der Waals surface area contributed by atoms with E-state index in [-0.39, 0.29) is 41.9 Å². The molecule has 10 nitrogen and oxygen atoms in total. The molecule has 0 radical (unpaired) electrons. The summed E-state index contributed by atoms with van der Waals surface area (Å²) in [5, 5.41) is 12.9. The number of para-hydroxylation sites is 1. The van der Waals surface area contributed by atoms with E-state index in [1.807, 2.05) is 62.4 Å². The maximum absolute atomic E-state index is 13.7. The van der Waals surface area contributed by atoms with E-state index < -0.39 is 23.9 Å². The maximum atomic E-state index is 13.7. The Morgan fingerprint density at radius 1 is 0.880 bits per heavy atom. The van der Waals surface area contributed by atoms with E-state index in [0.717, 1.165) is 36.8 Å². The van der Waals surface area contributed by atoms with Crippen molar-refractivity contribution in [2.24, 2.45) is 17.8 Å². The molecule has 0 bridgehead atoms. The number of carbonyl (C=O) groups is 4. The quantitative estimate of drug-likeness (QED) is 0.121. The van der Waals surface area contributed by atoms with Crippen LogP contribution < -0.4 is 21.3 Å². The van der Waals surface area contributed by atoms with Crippen LogP contribution in [0.4, 0.5) is 0 Å². The number of aromatic nitrogens is 2. The van der Waals surface area contributed by atoms with E-state index in [1.54, 1.807) is 25.3 Å². The number of pyridine rings is 2. The van der Waals surface area contributed by atoms with Crippen molar-refractivity contribution in [2.45, 2.75) is 110 Å². The van der Waals surface area contributed by atoms with Gasteiger partial charge in [-0.1, -0.05) is 88.8 Å². The first-order valence-electron chi connectivity index (χ1n) is 18.2. The van der Waals surface area contributed by atoms with Crippen LogP contribution in [0.5, 0.6) is 0 Å². The fourth-order valence-corrected chi connectivity index (χ4v) is 6.65. The maximum Gasteiger partial charge on any atom is 0.270 e. The van der Waals surface area contributed by atoms with Gasteiger partial charge in [-0.25, -0.2) is 4.98 Å². The average Bonchev–Trinajstić information content (AvgIpc) is 3.14. The molecule has 0 aliphatic heterocycles. The lowest BCUT2D eigenvalue weighted by atomic mass is 9.83. The summed E-state index contributed by atoms with van der Waals surface area (Å²) < 4.78 is 0. The average molecular weight is 683 g/mol. The molecular formula is C40H54N6O4. The summed E-state index contributed by atoms with van der Waals surface area (Å²) in [5.41, 5.74) is 1.70. The third-order valence-electron chi connectivity index (χ3n) is 9.91. The Labute approximate surface area is 296 Å². The number of rotatable bonds is 18. The molecule has 1 aromatic carbocycles. The van der Waals surface area contributed by atoms with E-state index in [1.165, 1.54) is 19.3 Å². The van der Waals surface area contributed by atoms with Gasteiger partial charge < -0.3 is 21.3 Å². The monoisotopic (exact) mass is 682 g/mol. The molecule has 268 valence electrons. The van der Waals surface area contributed by atoms with Crippen molar-refractivity contribution in [3.8, 4) is 0 Å². The predicted molar refractivity (Wildman–Crippen MR) is 197 cm³/mol. The molecule has 50 heavy (non-hydrogen) atoms. The minimum absolute atomic E-state index is 0.0769. The van der Waals surface area contributed by atoms with Crippen molar-refractivity contribution in [1.82, 2.24) is 31.2 Å². The summed E-state index contributed by atoms with van der Waals surface area (Å²) in [6.45, 7) is 9.80. The highest BCUT2D eigenvalue weighted by Crippen LogP contribution is 2.29. The second kappa shape index (κ2) is 19.6. The van der Waals surface area contributed by atoms with Gasteiger partial charge in [0, 0.05) is 23.5 Å². The normalized spacial score (nSPS) is 16.3. The van der Waals surface area contributed by atoms with Crippen molar-refractivity contribution in [3.63, 3.8) is 0 Å². The number of hydrogen-bond acceptors (Lipinski definition) is 6. The third-order valence-corrected chi connectivity index (χ3v) is 9.91. The first-order chi connectivity index (χ1) is 24.2. The van der Waals surface area contributed by atoms with Gasteiger partial charge in [-0.15, -0.1) is 6.58 Å². The van der Waals surface area contributed by atoms with Crippen LogP contribution in [0.1, 0.15) is 101 Å². The van der Waals surface area contributed by atoms with Crippen LogP contribution in [0.2, 0.25) is 0 Å². The molecule has 5 atom stereocenters. The van der Waals surface area contributed by atoms with E-state index in [4.69, 9.17) is 0 Å². The summed E-state index contributed by atoms with van der Waals surface area (Å²) in [7, 11) is 0. The SMILES string of the molecule is C=CCC(CC[C@H](CC1CCCCC1)NC(=O)[C@H](C)NC(=O)c1ccc2ccccc2n1)C(=O)NC(C(=O)NCc1ccccn1)[C@H](C)CC. The zero-order valence-corrected chi connectivity index (χ0v) is 29.8. The third kappa shape index (κ3) is 11.5. The highest BCUT2D eigenvalue weighted by Gasteiger charge is 2.30. The standard InChI is InChI=1S/C40H54N6O4/c1-5-14-31(38(48)46-36(27(3)6-2)40(50)42-26-33-18-12-13-24-41-33)20-22-32(25-29-15-8-7-9-16-29)44-37(47)28(4)43-39(49)35-23-21-30-17-10-11-19-34(30)45-35/h5,10-13,17-19,21,23-24,27-29,31-32,36H,1,6-9,14-16,20,22,25-26H2,2-4H3,(H,42,50)(H,43,49)(H,44,47)(H,46,48)/t27-,28+,31?,32-,36?/m1/s1. The lowest BCUT2D eigenvalue weighted by Crippen LogP contribution is -2.51. The molecule has 2 heterocycles. The van der Waals surface area contributed by atoms with Crippen molar-refractivity contribution >= 4 is 34.5 Å². The topological polar surface area (TPSA) is 142 Å². The minimum atomic E-state index is -0.780. The number of fused-ring (bicyclic) bond motifs is 1. The van der Waals surface area contributed by atoms with Gasteiger partial charge in [0.05, 0.1) is 17.8 Å². The smallest absolute Gasteiger partial charge is 0.270 e. The Morgan fingerprint density at radius 3 is 2.36 bits per heavy atom. The molecule has 3 aromatic rings. The Hall–Kier alpha value is -4.60. The largest absolute Gasteiger partial charge is 0.352 e. The molecule has 0 saturated heterocycles. The lowest BCUT2D eigenvalue weighted by Gasteiger charge is -2.30. The molecule has 2 aromatic heterocycles. The summed E-state index contributed by atoms with van der Waals surface area (Å²) in [6.07, 6.45) is 12.3. The summed E-state index contributed by atoms with van der Waals surface area (Å²) in [5.74, 6) is -1.13. The van der Waals surface area contributed by atoms with Gasteiger partial charge >= 0.3 is 0 Å². The summed E-state index contributed by atoms with van der Waals surface area (Å²) >= 11 is 0. The highest BCUT2D eigenvalue weighted by molar-refractivity contribution is 5.97. The number of allylic oxidation sites excluding steroid dienone is 1. The molecule has 2 unspecified atom stereocenters. The van der Waals surface area contributed by atoms with Crippen LogP contribution in [-0.4, -0.2) is 51.7 Å². The molecule has 0 spiro atoms. The molecular weight excluding hydrogens is 628 g/mol. The zero-order valence-electron chi connectivity index (χ0n) is 29.8. The predicted octanol–water partition coefficient (Wildman–Crippen LogP) is 6.02. The van der Waals surface area contributed by atoms with Gasteiger partial charge in [-0.3, -0.25) is 24.2 Å². The molecule has 4 N–H and O–H groups in total. The van der Waals surface area contributed by atoms with Crippen LogP contribution in [-0.2, 0) is 20.9 Å². The molecule has 1 saturated carbocycles. The first-order valence-corrected chi connectivity index (χ1v) is 18.2. The molecule has 4 rings (SSSR count). The van der Waals surface area contributed by atoms with Crippen LogP contribution in [0, 0.1) is 17.8 Å². The molecule has 1 aliphatic carbocycles. The van der Waals surface area contributed by atoms with E-state index >= 15 is 0 Å². The number of carbonyl (C=O) groups excluding carboxylic acids is 4. The van der Waals surface area contributed by atoms with Gasteiger partial charge in [0.1, 0.15) is 17.8 Å². The Morgan fingerprint density at radius 2 is 1.64 bits per heavy atom. The molecule has 1 aliphatic rings. The number of amides is 4. The number of benzene rings is 1. The molecule has 1 fully saturated rings. The molecule has 4 amide bonds. The summed E-state index contributed by atoms with van der Waals surface area (Å²) in [6, 6.07) is 15.0. The Kier molecular flexibility index (Phi) is 14.9. The Bertz CT molecular complexity index is 1570. The second-order valence-corrected chi connectivity index (χ2v) is 13.7. The van der Waals surface area contributed by atoms with Crippen molar-refractivity contribution < 1.29 is 19.2 Å². The zero-order chi connectivity index (χ0) is 35.9. The van der Waals surface area contributed by atoms with Crippen LogP contribution in [0.3, 0.4) is 0 Å². The van der Waals surface area contributed by atoms with Gasteiger partial charge in [-0.05, 0) is 68.7 Å². The van der Waals surface area contributed by atoms with Crippen LogP contribution >= 0.6 is 0 Å². The second-order valence-electron chi connectivity index (χ2n) is 13.7. The number of nitrogens with zero attached hydrogens (tertiary/aromatic N) is 2. The van der Waals surface area contributed by atoms with Crippen LogP contribution in [0.25, 0.3) is 10.9 Å². The van der Waals surface area contributed by atoms with Crippen molar-refractivity contribution in [1.29, 1.82) is 0 Å².